The Morgan fingerprint density at radius 1 is 1.27 bits per heavy atom. The van der Waals surface area contributed by atoms with Crippen LogP contribution in [0.5, 0.6) is 5.75 Å². The fourth-order valence-corrected chi connectivity index (χ4v) is 4.44. The van der Waals surface area contributed by atoms with Crippen LogP contribution in [-0.4, -0.2) is 31.0 Å². The molecule has 0 saturated heterocycles. The Bertz CT molecular complexity index is 1020. The number of nitrogens with zero attached hydrogens (tertiary/aromatic N) is 4. The minimum Gasteiger partial charge on any atom is -0.497 e. The number of hydrogen-bond acceptors (Lipinski definition) is 6. The molecule has 2 unspecified atom stereocenters. The zero-order chi connectivity index (χ0) is 21.9. The summed E-state index contributed by atoms with van der Waals surface area (Å²) in [5.74, 6) is -0.357. The summed E-state index contributed by atoms with van der Waals surface area (Å²) >= 11 is 0. The van der Waals surface area contributed by atoms with Crippen molar-refractivity contribution in [3.05, 3.63) is 52.7 Å². The van der Waals surface area contributed by atoms with Crippen molar-refractivity contribution in [1.29, 1.82) is 15.8 Å². The molecule has 152 valence electrons. The van der Waals surface area contributed by atoms with Crippen LogP contribution < -0.4 is 10.5 Å². The number of methoxy groups -OCH3 is 1. The van der Waals surface area contributed by atoms with Crippen LogP contribution in [0.3, 0.4) is 0 Å². The van der Waals surface area contributed by atoms with Crippen molar-refractivity contribution in [2.24, 2.45) is 17.1 Å². The zero-order valence-corrected chi connectivity index (χ0v) is 17.1. The maximum Gasteiger partial charge on any atom is 0.222 e. The Labute approximate surface area is 176 Å². The average Bonchev–Trinajstić information content (AvgIpc) is 2.78. The summed E-state index contributed by atoms with van der Waals surface area (Å²) in [6.45, 7) is 2.65. The zero-order valence-electron chi connectivity index (χ0n) is 17.1. The molecule has 0 bridgehead atoms. The lowest BCUT2D eigenvalue weighted by molar-refractivity contribution is -0.131. The van der Waals surface area contributed by atoms with E-state index in [2.05, 4.69) is 18.2 Å². The Kier molecular flexibility index (Phi) is 5.81. The lowest BCUT2D eigenvalue weighted by Crippen LogP contribution is -2.49. The van der Waals surface area contributed by atoms with Crippen molar-refractivity contribution >= 4 is 5.91 Å². The highest BCUT2D eigenvalue weighted by molar-refractivity contribution is 5.77. The van der Waals surface area contributed by atoms with Gasteiger partial charge in [-0.15, -0.1) is 0 Å². The van der Waals surface area contributed by atoms with E-state index < -0.39 is 17.3 Å². The van der Waals surface area contributed by atoms with Crippen LogP contribution in [0.15, 0.2) is 47.2 Å². The second-order valence-electron chi connectivity index (χ2n) is 7.50. The SMILES string of the molecule is CCCC(=O)N1CC=C2C(C#N)=C(N)C(C#N)(C#N)C(c3ccc(OC)cc3)C2C1. The van der Waals surface area contributed by atoms with Crippen LogP contribution in [-0.2, 0) is 4.79 Å². The number of nitrogens with two attached hydrogens (primary N) is 1. The molecule has 7 heteroatoms. The van der Waals surface area contributed by atoms with Gasteiger partial charge in [0.1, 0.15) is 11.8 Å². The molecule has 1 amide bonds. The van der Waals surface area contributed by atoms with Gasteiger partial charge in [0, 0.05) is 31.3 Å². The molecule has 2 N–H and O–H groups in total. The van der Waals surface area contributed by atoms with Crippen molar-refractivity contribution in [1.82, 2.24) is 4.90 Å². The standard InChI is InChI=1S/C23H23N5O2/c1-3-4-20(29)28-10-9-17-18(11-24)22(27)23(13-25,14-26)21(19(17)12-28)15-5-7-16(30-2)8-6-15/h5-9,19,21H,3-4,10,12,27H2,1-2H3. The molecular formula is C23H23N5O2. The van der Waals surface area contributed by atoms with Gasteiger partial charge in [0.15, 0.2) is 5.41 Å². The van der Waals surface area contributed by atoms with Crippen molar-refractivity contribution in [3.63, 3.8) is 0 Å². The fourth-order valence-electron chi connectivity index (χ4n) is 4.44. The number of fused-ring (bicyclic) bond motifs is 1. The molecule has 1 aliphatic carbocycles. The highest BCUT2D eigenvalue weighted by Gasteiger charge is 2.54. The summed E-state index contributed by atoms with van der Waals surface area (Å²) in [4.78, 5) is 14.3. The summed E-state index contributed by atoms with van der Waals surface area (Å²) in [6.07, 6.45) is 2.99. The first-order valence-electron chi connectivity index (χ1n) is 9.82. The van der Waals surface area contributed by atoms with Gasteiger partial charge in [-0.25, -0.2) is 0 Å². The van der Waals surface area contributed by atoms with Gasteiger partial charge >= 0.3 is 0 Å². The van der Waals surface area contributed by atoms with Crippen molar-refractivity contribution in [2.45, 2.75) is 25.7 Å². The third-order valence-corrected chi connectivity index (χ3v) is 5.96. The summed E-state index contributed by atoms with van der Waals surface area (Å²) < 4.78 is 5.23. The van der Waals surface area contributed by atoms with Crippen LogP contribution in [0.1, 0.15) is 31.2 Å². The molecule has 1 aromatic carbocycles. The monoisotopic (exact) mass is 401 g/mol. The molecular weight excluding hydrogens is 378 g/mol. The van der Waals surface area contributed by atoms with E-state index in [9.17, 15) is 20.6 Å². The van der Waals surface area contributed by atoms with Crippen LogP contribution in [0.2, 0.25) is 0 Å². The molecule has 1 aromatic rings. The molecule has 1 heterocycles. The van der Waals surface area contributed by atoms with E-state index >= 15 is 0 Å². The maximum atomic E-state index is 12.6. The van der Waals surface area contributed by atoms with Gasteiger partial charge in [-0.3, -0.25) is 4.79 Å². The number of carbonyl (C=O) groups excluding carboxylic acids is 1. The number of allylic oxidation sites excluding steroid dienone is 2. The van der Waals surface area contributed by atoms with E-state index in [0.717, 1.165) is 12.0 Å². The fraction of sp³-hybridized carbons (Fsp3) is 0.391. The summed E-state index contributed by atoms with van der Waals surface area (Å²) in [7, 11) is 1.56. The number of nitriles is 3. The topological polar surface area (TPSA) is 127 Å². The first kappa shape index (κ1) is 21.0. The Morgan fingerprint density at radius 3 is 2.47 bits per heavy atom. The van der Waals surface area contributed by atoms with Crippen LogP contribution in [0.4, 0.5) is 0 Å². The normalized spacial score (nSPS) is 22.1. The predicted molar refractivity (Wildman–Crippen MR) is 109 cm³/mol. The van der Waals surface area contributed by atoms with E-state index in [4.69, 9.17) is 10.5 Å². The molecule has 0 saturated carbocycles. The first-order valence-corrected chi connectivity index (χ1v) is 9.82. The lowest BCUT2D eigenvalue weighted by Gasteiger charge is -2.45. The van der Waals surface area contributed by atoms with Gasteiger partial charge in [-0.2, -0.15) is 15.8 Å². The first-order chi connectivity index (χ1) is 14.5. The quantitative estimate of drug-likeness (QED) is 0.826. The van der Waals surface area contributed by atoms with Crippen molar-refractivity contribution in [2.75, 3.05) is 20.2 Å². The second kappa shape index (κ2) is 8.31. The molecule has 30 heavy (non-hydrogen) atoms. The maximum absolute atomic E-state index is 12.6. The minimum atomic E-state index is -1.71. The summed E-state index contributed by atoms with van der Waals surface area (Å²) in [5.41, 5.74) is 6.18. The molecule has 0 fully saturated rings. The van der Waals surface area contributed by atoms with E-state index in [-0.39, 0.29) is 17.2 Å². The average molecular weight is 401 g/mol. The summed E-state index contributed by atoms with van der Waals surface area (Å²) in [5, 5.41) is 29.9. The molecule has 0 spiro atoms. The molecule has 2 aliphatic rings. The number of ether oxygens (including phenoxy) is 1. The third kappa shape index (κ3) is 3.17. The van der Waals surface area contributed by atoms with Gasteiger partial charge in [0.2, 0.25) is 5.91 Å². The van der Waals surface area contributed by atoms with Crippen molar-refractivity contribution < 1.29 is 9.53 Å². The van der Waals surface area contributed by atoms with E-state index in [0.29, 0.717) is 30.8 Å². The van der Waals surface area contributed by atoms with Crippen LogP contribution in [0, 0.1) is 45.3 Å². The Hall–Kier alpha value is -3.76. The number of hydrogen-bond donors (Lipinski definition) is 1. The predicted octanol–water partition coefficient (Wildman–Crippen LogP) is 2.75. The van der Waals surface area contributed by atoms with Gasteiger partial charge in [0.05, 0.1) is 30.5 Å². The Balaban J connectivity index is 2.21. The molecule has 1 aliphatic heterocycles. The summed E-state index contributed by atoms with van der Waals surface area (Å²) in [6, 6.07) is 13.4. The van der Waals surface area contributed by atoms with Gasteiger partial charge in [-0.05, 0) is 29.7 Å². The molecule has 2 atom stereocenters. The number of rotatable bonds is 4. The smallest absolute Gasteiger partial charge is 0.222 e. The van der Waals surface area contributed by atoms with Gasteiger partial charge < -0.3 is 15.4 Å². The van der Waals surface area contributed by atoms with E-state index in [1.54, 1.807) is 24.1 Å². The van der Waals surface area contributed by atoms with Crippen LogP contribution >= 0.6 is 0 Å². The Morgan fingerprint density at radius 2 is 1.93 bits per heavy atom. The molecule has 3 rings (SSSR count). The number of carbonyl (C=O) groups is 1. The third-order valence-electron chi connectivity index (χ3n) is 5.96. The second-order valence-corrected chi connectivity index (χ2v) is 7.50. The molecule has 0 radical (unpaired) electrons. The number of benzene rings is 1. The van der Waals surface area contributed by atoms with Crippen molar-refractivity contribution in [3.8, 4) is 24.0 Å². The van der Waals surface area contributed by atoms with Gasteiger partial charge in [-0.1, -0.05) is 25.1 Å². The van der Waals surface area contributed by atoms with Gasteiger partial charge in [0.25, 0.3) is 0 Å². The lowest BCUT2D eigenvalue weighted by atomic mass is 9.58. The van der Waals surface area contributed by atoms with E-state index in [1.807, 2.05) is 25.1 Å². The highest BCUT2D eigenvalue weighted by atomic mass is 16.5. The van der Waals surface area contributed by atoms with Crippen LogP contribution in [0.25, 0.3) is 0 Å². The molecule has 7 nitrogen and oxygen atoms in total. The largest absolute Gasteiger partial charge is 0.497 e. The highest BCUT2D eigenvalue weighted by Crippen LogP contribution is 2.54. The minimum absolute atomic E-state index is 0.0156. The number of amides is 1. The van der Waals surface area contributed by atoms with E-state index in [1.165, 1.54) is 0 Å². The molecule has 0 aromatic heterocycles.